The van der Waals surface area contributed by atoms with Gasteiger partial charge in [0, 0.05) is 68.7 Å². The molecule has 0 spiro atoms. The minimum absolute atomic E-state index is 0.0757. The number of hydrogen-bond acceptors (Lipinski definition) is 7. The van der Waals surface area contributed by atoms with Gasteiger partial charge in [0.15, 0.2) is 11.3 Å². The number of carbonyl (C=O) groups is 1. The fourth-order valence-corrected chi connectivity index (χ4v) is 5.83. The quantitative estimate of drug-likeness (QED) is 0.522. The standard InChI is InChI=1S/C29H33FN4O4/c1-31-8-10-33(11-9-31)29(36)20-16-23(25-6-3-7-34(25)22-5-2-4-21(30)18-22)28-24(17-20)26(35)19-27(38-28)32-12-14-37-15-13-32/h2,4-5,16-19,25H,3,6-15H2,1H3. The molecule has 1 aromatic heterocycles. The molecule has 3 aliphatic rings. The highest BCUT2D eigenvalue weighted by Crippen LogP contribution is 2.40. The molecule has 0 aliphatic carbocycles. The minimum atomic E-state index is -0.293. The highest BCUT2D eigenvalue weighted by atomic mass is 19.1. The average Bonchev–Trinajstić information content (AvgIpc) is 3.43. The average molecular weight is 521 g/mol. The van der Waals surface area contributed by atoms with Crippen molar-refractivity contribution in [2.24, 2.45) is 0 Å². The van der Waals surface area contributed by atoms with Gasteiger partial charge in [0.2, 0.25) is 0 Å². The Morgan fingerprint density at radius 2 is 1.76 bits per heavy atom. The van der Waals surface area contributed by atoms with E-state index in [1.807, 2.05) is 29.0 Å². The Bertz CT molecular complexity index is 1400. The monoisotopic (exact) mass is 520 g/mol. The van der Waals surface area contributed by atoms with Gasteiger partial charge < -0.3 is 28.8 Å². The van der Waals surface area contributed by atoms with Gasteiger partial charge in [0.1, 0.15) is 11.4 Å². The van der Waals surface area contributed by atoms with Crippen LogP contribution in [0.3, 0.4) is 0 Å². The first kappa shape index (κ1) is 24.9. The number of anilines is 2. The van der Waals surface area contributed by atoms with E-state index in [1.54, 1.807) is 12.1 Å². The van der Waals surface area contributed by atoms with Crippen LogP contribution in [0.5, 0.6) is 0 Å². The summed E-state index contributed by atoms with van der Waals surface area (Å²) in [5.41, 5.74) is 2.41. The normalized spacial score (nSPS) is 20.9. The smallest absolute Gasteiger partial charge is 0.253 e. The molecule has 0 N–H and O–H groups in total. The largest absolute Gasteiger partial charge is 0.440 e. The Morgan fingerprint density at radius 3 is 2.53 bits per heavy atom. The molecule has 3 aliphatic heterocycles. The molecule has 200 valence electrons. The lowest BCUT2D eigenvalue weighted by molar-refractivity contribution is 0.0664. The predicted molar refractivity (Wildman–Crippen MR) is 145 cm³/mol. The molecule has 9 heteroatoms. The van der Waals surface area contributed by atoms with Gasteiger partial charge in [-0.05, 0) is 50.2 Å². The maximum Gasteiger partial charge on any atom is 0.253 e. The molecule has 1 amide bonds. The van der Waals surface area contributed by atoms with Crippen molar-refractivity contribution in [1.29, 1.82) is 0 Å². The summed E-state index contributed by atoms with van der Waals surface area (Å²) in [5.74, 6) is 0.145. The number of amides is 1. The molecule has 6 rings (SSSR count). The van der Waals surface area contributed by atoms with E-state index in [2.05, 4.69) is 9.80 Å². The van der Waals surface area contributed by atoms with E-state index >= 15 is 0 Å². The Morgan fingerprint density at radius 1 is 0.974 bits per heavy atom. The third-order valence-electron chi connectivity index (χ3n) is 7.96. The summed E-state index contributed by atoms with van der Waals surface area (Å²) in [4.78, 5) is 35.4. The van der Waals surface area contributed by atoms with Crippen molar-refractivity contribution in [3.05, 3.63) is 69.6 Å². The molecule has 38 heavy (non-hydrogen) atoms. The molecule has 4 heterocycles. The van der Waals surface area contributed by atoms with Crippen LogP contribution in [0.4, 0.5) is 16.0 Å². The van der Waals surface area contributed by atoms with Crippen molar-refractivity contribution >= 4 is 28.4 Å². The second-order valence-electron chi connectivity index (χ2n) is 10.4. The number of fused-ring (bicyclic) bond motifs is 1. The molecular formula is C29H33FN4O4. The zero-order chi connectivity index (χ0) is 26.2. The van der Waals surface area contributed by atoms with Crippen LogP contribution in [0, 0.1) is 5.82 Å². The zero-order valence-corrected chi connectivity index (χ0v) is 21.7. The highest BCUT2D eigenvalue weighted by molar-refractivity contribution is 5.99. The zero-order valence-electron chi connectivity index (χ0n) is 21.7. The van der Waals surface area contributed by atoms with Crippen molar-refractivity contribution in [3.63, 3.8) is 0 Å². The molecule has 3 aromatic rings. The Kier molecular flexibility index (Phi) is 6.80. The van der Waals surface area contributed by atoms with E-state index in [0.717, 1.165) is 43.7 Å². The molecule has 1 unspecified atom stereocenters. The topological polar surface area (TPSA) is 69.5 Å². The second-order valence-corrected chi connectivity index (χ2v) is 10.4. The highest BCUT2D eigenvalue weighted by Gasteiger charge is 2.32. The summed E-state index contributed by atoms with van der Waals surface area (Å²) in [6.45, 7) is 6.09. The minimum Gasteiger partial charge on any atom is -0.440 e. The van der Waals surface area contributed by atoms with Crippen molar-refractivity contribution in [1.82, 2.24) is 9.80 Å². The lowest BCUT2D eigenvalue weighted by Gasteiger charge is -2.33. The Balaban J connectivity index is 1.48. The third kappa shape index (κ3) is 4.76. The number of carbonyl (C=O) groups excluding carboxylic acids is 1. The summed E-state index contributed by atoms with van der Waals surface area (Å²) in [7, 11) is 2.05. The molecular weight excluding hydrogens is 487 g/mol. The number of morpholine rings is 1. The van der Waals surface area contributed by atoms with Crippen LogP contribution in [0.1, 0.15) is 34.8 Å². The first-order valence-corrected chi connectivity index (χ1v) is 13.4. The van der Waals surface area contributed by atoms with Gasteiger partial charge >= 0.3 is 0 Å². The van der Waals surface area contributed by atoms with E-state index in [0.29, 0.717) is 61.8 Å². The number of ether oxygens (including phenoxy) is 1. The summed E-state index contributed by atoms with van der Waals surface area (Å²) in [5, 5.41) is 0.406. The molecule has 0 radical (unpaired) electrons. The SMILES string of the molecule is CN1CCN(C(=O)c2cc(C3CCCN3c3cccc(F)c3)c3oc(N4CCOCC4)cc(=O)c3c2)CC1. The number of rotatable bonds is 4. The van der Waals surface area contributed by atoms with E-state index in [4.69, 9.17) is 9.15 Å². The fraction of sp³-hybridized carbons (Fsp3) is 0.448. The van der Waals surface area contributed by atoms with Gasteiger partial charge in [-0.1, -0.05) is 6.07 Å². The van der Waals surface area contributed by atoms with Crippen LogP contribution in [-0.2, 0) is 4.74 Å². The number of nitrogens with zero attached hydrogens (tertiary/aromatic N) is 4. The number of piperazine rings is 1. The molecule has 3 fully saturated rings. The second kappa shape index (κ2) is 10.4. The number of likely N-dealkylation sites (N-methyl/N-ethyl adjacent to an activating group) is 1. The summed E-state index contributed by atoms with van der Waals surface area (Å²) in [6.07, 6.45) is 1.72. The maximum atomic E-state index is 14.2. The van der Waals surface area contributed by atoms with Gasteiger partial charge in [-0.3, -0.25) is 9.59 Å². The fourth-order valence-electron chi connectivity index (χ4n) is 5.83. The maximum absolute atomic E-state index is 14.2. The molecule has 1 atom stereocenters. The van der Waals surface area contributed by atoms with Crippen LogP contribution in [0.2, 0.25) is 0 Å². The molecule has 0 bridgehead atoms. The summed E-state index contributed by atoms with van der Waals surface area (Å²) < 4.78 is 26.1. The van der Waals surface area contributed by atoms with E-state index in [9.17, 15) is 14.0 Å². The third-order valence-corrected chi connectivity index (χ3v) is 7.96. The van der Waals surface area contributed by atoms with Crippen LogP contribution in [-0.4, -0.2) is 81.8 Å². The lowest BCUT2D eigenvalue weighted by Crippen LogP contribution is -2.47. The summed E-state index contributed by atoms with van der Waals surface area (Å²) >= 11 is 0. The van der Waals surface area contributed by atoms with E-state index < -0.39 is 0 Å². The van der Waals surface area contributed by atoms with Crippen molar-refractivity contribution < 1.29 is 18.3 Å². The van der Waals surface area contributed by atoms with Gasteiger partial charge in [-0.25, -0.2) is 4.39 Å². The van der Waals surface area contributed by atoms with Gasteiger partial charge in [-0.15, -0.1) is 0 Å². The predicted octanol–water partition coefficient (Wildman–Crippen LogP) is 3.50. The van der Waals surface area contributed by atoms with Crippen LogP contribution in [0.15, 0.2) is 51.7 Å². The molecule has 0 saturated carbocycles. The van der Waals surface area contributed by atoms with E-state index in [1.165, 1.54) is 18.2 Å². The van der Waals surface area contributed by atoms with Crippen molar-refractivity contribution in [2.45, 2.75) is 18.9 Å². The Hall–Kier alpha value is -3.43. The first-order chi connectivity index (χ1) is 18.5. The van der Waals surface area contributed by atoms with Crippen LogP contribution < -0.4 is 15.2 Å². The molecule has 2 aromatic carbocycles. The first-order valence-electron chi connectivity index (χ1n) is 13.4. The summed E-state index contributed by atoms with van der Waals surface area (Å²) in [6, 6.07) is 11.6. The number of benzene rings is 2. The van der Waals surface area contributed by atoms with Gasteiger partial charge in [-0.2, -0.15) is 0 Å². The van der Waals surface area contributed by atoms with Crippen molar-refractivity contribution in [2.75, 3.05) is 75.9 Å². The Labute approximate surface area is 221 Å². The van der Waals surface area contributed by atoms with Gasteiger partial charge in [0.25, 0.3) is 5.91 Å². The molecule has 8 nitrogen and oxygen atoms in total. The van der Waals surface area contributed by atoms with Crippen LogP contribution in [0.25, 0.3) is 11.0 Å². The van der Waals surface area contributed by atoms with Gasteiger partial charge in [0.05, 0.1) is 24.6 Å². The number of hydrogen-bond donors (Lipinski definition) is 0. The van der Waals surface area contributed by atoms with Crippen molar-refractivity contribution in [3.8, 4) is 0 Å². The van der Waals surface area contributed by atoms with Crippen LogP contribution >= 0.6 is 0 Å². The molecule has 3 saturated heterocycles. The lowest BCUT2D eigenvalue weighted by atomic mass is 9.97. The van der Waals surface area contributed by atoms with E-state index in [-0.39, 0.29) is 23.2 Å². The number of halogens is 1.